The topological polar surface area (TPSA) is 93.0 Å². The summed E-state index contributed by atoms with van der Waals surface area (Å²) in [5, 5.41) is 16.7. The fraction of sp³-hybridized carbons (Fsp3) is 0.455. The molecule has 0 radical (unpaired) electrons. The molecular formula is C22H26FN7. The number of nitrogens with two attached hydrogens (primary N) is 1. The van der Waals surface area contributed by atoms with Crippen LogP contribution in [0.25, 0.3) is 16.9 Å². The quantitative estimate of drug-likeness (QED) is 0.499. The van der Waals surface area contributed by atoms with Crippen LogP contribution in [0.1, 0.15) is 36.9 Å². The summed E-state index contributed by atoms with van der Waals surface area (Å²) in [6.45, 7) is 6.01. The van der Waals surface area contributed by atoms with E-state index < -0.39 is 5.82 Å². The van der Waals surface area contributed by atoms with Gasteiger partial charge in [0.05, 0.1) is 29.3 Å². The molecule has 1 aliphatic carbocycles. The Balaban J connectivity index is 1.41. The number of nitrogens with one attached hydrogen (secondary N) is 1. The van der Waals surface area contributed by atoms with Gasteiger partial charge in [0.2, 0.25) is 0 Å². The van der Waals surface area contributed by atoms with Crippen molar-refractivity contribution in [1.82, 2.24) is 19.9 Å². The number of nitrogen functional groups attached to an aromatic ring is 1. The molecule has 2 fully saturated rings. The minimum Gasteiger partial charge on any atom is -0.397 e. The van der Waals surface area contributed by atoms with E-state index in [1.165, 1.54) is 12.5 Å². The monoisotopic (exact) mass is 407 g/mol. The van der Waals surface area contributed by atoms with Crippen molar-refractivity contribution >= 4 is 17.0 Å². The molecule has 1 saturated carbocycles. The van der Waals surface area contributed by atoms with Crippen LogP contribution in [0.5, 0.6) is 0 Å². The number of hydrogen-bond acceptors (Lipinski definition) is 6. The van der Waals surface area contributed by atoms with Crippen LogP contribution in [0.4, 0.5) is 15.8 Å². The summed E-state index contributed by atoms with van der Waals surface area (Å²) < 4.78 is 16.6. The molecule has 1 aliphatic heterocycles. The molecule has 2 aliphatic rings. The zero-order valence-corrected chi connectivity index (χ0v) is 17.3. The van der Waals surface area contributed by atoms with Crippen LogP contribution < -0.4 is 11.1 Å². The van der Waals surface area contributed by atoms with Crippen LogP contribution in [0.15, 0.2) is 34.6 Å². The molecular weight excluding hydrogens is 381 g/mol. The second kappa shape index (κ2) is 7.12. The molecule has 8 heteroatoms. The molecule has 3 heterocycles. The van der Waals surface area contributed by atoms with Crippen molar-refractivity contribution in [2.24, 2.45) is 15.6 Å². The number of aryl methyl sites for hydroxylation is 2. The number of rotatable bonds is 3. The van der Waals surface area contributed by atoms with E-state index in [2.05, 4.69) is 25.6 Å². The maximum atomic E-state index is 14.9. The minimum atomic E-state index is -0.481. The lowest BCUT2D eigenvalue weighted by molar-refractivity contribution is 0.330. The second-order valence-electron chi connectivity index (χ2n) is 8.80. The molecule has 1 aromatic carbocycles. The van der Waals surface area contributed by atoms with E-state index in [-0.39, 0.29) is 17.4 Å². The second-order valence-corrected chi connectivity index (χ2v) is 8.80. The zero-order valence-electron chi connectivity index (χ0n) is 17.3. The number of aromatic nitrogens is 3. The first-order valence-electron chi connectivity index (χ1n) is 10.5. The summed E-state index contributed by atoms with van der Waals surface area (Å²) in [6, 6.07) is 5.18. The van der Waals surface area contributed by atoms with Crippen LogP contribution in [-0.4, -0.2) is 33.7 Å². The number of azo groups is 1. The number of nitrogens with zero attached hydrogens (tertiary/aromatic N) is 5. The van der Waals surface area contributed by atoms with Gasteiger partial charge in [0, 0.05) is 12.1 Å². The van der Waals surface area contributed by atoms with E-state index in [1.807, 2.05) is 26.1 Å². The van der Waals surface area contributed by atoms with E-state index >= 15 is 0 Å². The highest BCUT2D eigenvalue weighted by molar-refractivity contribution is 5.73. The highest BCUT2D eigenvalue weighted by atomic mass is 19.1. The SMILES string of the molecule is Cc1cn2nc(-c3cc(N)c(N=NC4CCC5(CCNC5)C4)c(F)c3)cc(C)c2n1. The molecule has 7 nitrogen and oxygen atoms in total. The van der Waals surface area contributed by atoms with Gasteiger partial charge in [-0.2, -0.15) is 15.3 Å². The molecule has 2 aromatic heterocycles. The Morgan fingerprint density at radius 2 is 2.13 bits per heavy atom. The Morgan fingerprint density at radius 1 is 1.27 bits per heavy atom. The Hall–Kier alpha value is -2.87. The van der Waals surface area contributed by atoms with Crippen molar-refractivity contribution in [1.29, 1.82) is 0 Å². The van der Waals surface area contributed by atoms with E-state index in [1.54, 1.807) is 10.6 Å². The van der Waals surface area contributed by atoms with E-state index in [0.717, 1.165) is 49.3 Å². The van der Waals surface area contributed by atoms with E-state index in [9.17, 15) is 4.39 Å². The average Bonchev–Trinajstić information content (AvgIpc) is 3.42. The fourth-order valence-corrected chi connectivity index (χ4v) is 4.86. The van der Waals surface area contributed by atoms with Crippen LogP contribution in [0.2, 0.25) is 0 Å². The normalized spacial score (nSPS) is 24.0. The zero-order chi connectivity index (χ0) is 20.9. The first-order chi connectivity index (χ1) is 14.4. The van der Waals surface area contributed by atoms with Crippen molar-refractivity contribution in [2.45, 2.75) is 45.6 Å². The Labute approximate surface area is 174 Å². The standard InChI is InChI=1S/C22H26FN7/c1-13-7-19(29-30-11-14(2)26-21(13)30)15-8-17(23)20(18(24)9-15)28-27-16-3-4-22(10-16)5-6-25-12-22/h7-9,11,16,25H,3-6,10,12,24H2,1-2H3. The number of fused-ring (bicyclic) bond motifs is 1. The third-order valence-electron chi connectivity index (χ3n) is 6.45. The highest BCUT2D eigenvalue weighted by Gasteiger charge is 2.41. The molecule has 0 amide bonds. The van der Waals surface area contributed by atoms with Gasteiger partial charge < -0.3 is 11.1 Å². The summed E-state index contributed by atoms with van der Waals surface area (Å²) in [7, 11) is 0. The molecule has 2 unspecified atom stereocenters. The number of imidazole rings is 1. The molecule has 3 N–H and O–H groups in total. The average molecular weight is 407 g/mol. The number of anilines is 1. The van der Waals surface area contributed by atoms with Crippen LogP contribution in [0.3, 0.4) is 0 Å². The Kier molecular flexibility index (Phi) is 4.54. The van der Waals surface area contributed by atoms with Gasteiger partial charge in [0.15, 0.2) is 11.5 Å². The molecule has 156 valence electrons. The Bertz CT molecular complexity index is 1120. The molecule has 2 atom stereocenters. The molecule has 3 aromatic rings. The molecule has 5 rings (SSSR count). The van der Waals surface area contributed by atoms with Gasteiger partial charge in [-0.05, 0) is 75.3 Å². The maximum absolute atomic E-state index is 14.9. The molecule has 1 spiro atoms. The predicted octanol–water partition coefficient (Wildman–Crippen LogP) is 4.35. The molecule has 0 bridgehead atoms. The van der Waals surface area contributed by atoms with Crippen molar-refractivity contribution in [3.8, 4) is 11.3 Å². The lowest BCUT2D eigenvalue weighted by Crippen LogP contribution is -2.20. The van der Waals surface area contributed by atoms with Gasteiger partial charge in [0.25, 0.3) is 0 Å². The van der Waals surface area contributed by atoms with E-state index in [0.29, 0.717) is 16.7 Å². The van der Waals surface area contributed by atoms with E-state index in [4.69, 9.17) is 5.73 Å². The van der Waals surface area contributed by atoms with Crippen molar-refractivity contribution < 1.29 is 4.39 Å². The summed E-state index contributed by atoms with van der Waals surface area (Å²) in [5.41, 5.74) is 10.8. The summed E-state index contributed by atoms with van der Waals surface area (Å²) in [6.07, 6.45) is 6.20. The van der Waals surface area contributed by atoms with Crippen molar-refractivity contribution in [3.05, 3.63) is 41.5 Å². The minimum absolute atomic E-state index is 0.112. The van der Waals surface area contributed by atoms with Gasteiger partial charge in [-0.3, -0.25) is 0 Å². The van der Waals surface area contributed by atoms with Gasteiger partial charge >= 0.3 is 0 Å². The summed E-state index contributed by atoms with van der Waals surface area (Å²) in [5.74, 6) is -0.481. The Morgan fingerprint density at radius 3 is 2.90 bits per heavy atom. The maximum Gasteiger partial charge on any atom is 0.156 e. The lowest BCUT2D eigenvalue weighted by Gasteiger charge is -2.20. The first kappa shape index (κ1) is 19.1. The summed E-state index contributed by atoms with van der Waals surface area (Å²) in [4.78, 5) is 4.46. The van der Waals surface area contributed by atoms with Crippen LogP contribution in [-0.2, 0) is 0 Å². The third kappa shape index (κ3) is 3.35. The van der Waals surface area contributed by atoms with Crippen LogP contribution >= 0.6 is 0 Å². The van der Waals surface area contributed by atoms with Crippen molar-refractivity contribution in [3.63, 3.8) is 0 Å². The highest BCUT2D eigenvalue weighted by Crippen LogP contribution is 2.44. The molecule has 30 heavy (non-hydrogen) atoms. The first-order valence-corrected chi connectivity index (χ1v) is 10.5. The van der Waals surface area contributed by atoms with Crippen molar-refractivity contribution in [2.75, 3.05) is 18.8 Å². The van der Waals surface area contributed by atoms with Gasteiger partial charge in [-0.1, -0.05) is 0 Å². The van der Waals surface area contributed by atoms with Gasteiger partial charge in [-0.25, -0.2) is 13.9 Å². The van der Waals surface area contributed by atoms with Gasteiger partial charge in [-0.15, -0.1) is 0 Å². The largest absolute Gasteiger partial charge is 0.397 e. The molecule has 1 saturated heterocycles. The smallest absolute Gasteiger partial charge is 0.156 e. The van der Waals surface area contributed by atoms with Gasteiger partial charge in [0.1, 0.15) is 5.69 Å². The third-order valence-corrected chi connectivity index (χ3v) is 6.45. The number of hydrogen-bond donors (Lipinski definition) is 2. The fourth-order valence-electron chi connectivity index (χ4n) is 4.86. The predicted molar refractivity (Wildman–Crippen MR) is 114 cm³/mol. The number of benzene rings is 1. The number of halogens is 1. The van der Waals surface area contributed by atoms with Crippen LogP contribution in [0, 0.1) is 25.1 Å². The lowest BCUT2D eigenvalue weighted by atomic mass is 9.85. The summed E-state index contributed by atoms with van der Waals surface area (Å²) >= 11 is 0.